The monoisotopic (exact) mass is 156 g/mol. The van der Waals surface area contributed by atoms with Crippen molar-refractivity contribution in [2.45, 2.75) is 38.3 Å². The van der Waals surface area contributed by atoms with Crippen LogP contribution in [0.3, 0.4) is 0 Å². The van der Waals surface area contributed by atoms with Gasteiger partial charge in [-0.1, -0.05) is 6.42 Å². The fourth-order valence-corrected chi connectivity index (χ4v) is 1.44. The minimum absolute atomic E-state index is 0.0344. The summed E-state index contributed by atoms with van der Waals surface area (Å²) in [5.74, 6) is 0. The Morgan fingerprint density at radius 1 is 1.64 bits per heavy atom. The third-order valence-electron chi connectivity index (χ3n) is 2.15. The number of carbonyl (C=O) groups excluding carboxylic acids is 1. The molecule has 1 fully saturated rings. The van der Waals surface area contributed by atoms with Gasteiger partial charge in [0.15, 0.2) is 0 Å². The molecular formula is C8H14NO2. The molecule has 11 heavy (non-hydrogen) atoms. The number of hydrogen-bond acceptors (Lipinski definition) is 3. The van der Waals surface area contributed by atoms with Gasteiger partial charge in [-0.2, -0.15) is 0 Å². The Balaban J connectivity index is 2.26. The van der Waals surface area contributed by atoms with Crippen molar-refractivity contribution in [2.24, 2.45) is 0 Å². The molecule has 3 nitrogen and oxygen atoms in total. The summed E-state index contributed by atoms with van der Waals surface area (Å²) < 4.78 is 4.71. The van der Waals surface area contributed by atoms with Gasteiger partial charge in [-0.25, -0.2) is 4.79 Å². The molecule has 1 aliphatic rings. The lowest BCUT2D eigenvalue weighted by atomic mass is 10.0. The Morgan fingerprint density at radius 3 is 3.00 bits per heavy atom. The molecule has 0 saturated carbocycles. The van der Waals surface area contributed by atoms with Gasteiger partial charge in [-0.15, -0.1) is 0 Å². The quantitative estimate of drug-likeness (QED) is 0.650. The first-order valence-electron chi connectivity index (χ1n) is 4.11. The maximum Gasteiger partial charge on any atom is 0.417 e. The Bertz CT molecular complexity index is 121. The maximum absolute atomic E-state index is 9.88. The molecule has 0 aromatic rings. The van der Waals surface area contributed by atoms with Crippen molar-refractivity contribution in [1.82, 2.24) is 5.32 Å². The summed E-state index contributed by atoms with van der Waals surface area (Å²) in [4.78, 5) is 9.88. The third-order valence-corrected chi connectivity index (χ3v) is 2.15. The summed E-state index contributed by atoms with van der Waals surface area (Å²) >= 11 is 0. The Labute approximate surface area is 67.1 Å². The third kappa shape index (κ3) is 2.50. The normalized spacial score (nSPS) is 27.5. The largest absolute Gasteiger partial charge is 0.453 e. The molecule has 0 aromatic heterocycles. The van der Waals surface area contributed by atoms with E-state index < -0.39 is 0 Å². The molecule has 63 valence electrons. The number of rotatable bonds is 3. The second kappa shape index (κ2) is 4.34. The number of ether oxygens (including phenoxy) is 1. The summed E-state index contributed by atoms with van der Waals surface area (Å²) in [6, 6.07) is 0.338. The predicted octanol–water partition coefficient (Wildman–Crippen LogP) is 0.601. The molecule has 2 unspecified atom stereocenters. The fraction of sp³-hybridized carbons (Fsp3) is 0.875. The average molecular weight is 156 g/mol. The van der Waals surface area contributed by atoms with Gasteiger partial charge in [0.05, 0.1) is 0 Å². The van der Waals surface area contributed by atoms with Crippen molar-refractivity contribution in [3.63, 3.8) is 0 Å². The summed E-state index contributed by atoms with van der Waals surface area (Å²) in [5.41, 5.74) is 0. The molecule has 1 radical (unpaired) electrons. The van der Waals surface area contributed by atoms with E-state index in [2.05, 4.69) is 5.32 Å². The van der Waals surface area contributed by atoms with E-state index in [9.17, 15) is 4.79 Å². The van der Waals surface area contributed by atoms with Crippen molar-refractivity contribution >= 4 is 6.47 Å². The topological polar surface area (TPSA) is 38.3 Å². The molecule has 0 aliphatic carbocycles. The van der Waals surface area contributed by atoms with Crippen LogP contribution in [0.25, 0.3) is 0 Å². The van der Waals surface area contributed by atoms with Gasteiger partial charge in [-0.3, -0.25) is 0 Å². The standard InChI is InChI=1S/C8H14NO2/c1-7(11-6-10)8-4-2-3-5-9-8/h7-9H,2-5H2,1H3. The summed E-state index contributed by atoms with van der Waals surface area (Å²) in [7, 11) is 0. The van der Waals surface area contributed by atoms with Crippen LogP contribution in [-0.4, -0.2) is 25.2 Å². The van der Waals surface area contributed by atoms with Crippen molar-refractivity contribution in [1.29, 1.82) is 0 Å². The number of nitrogens with one attached hydrogen (secondary N) is 1. The van der Waals surface area contributed by atoms with E-state index in [1.165, 1.54) is 19.3 Å². The van der Waals surface area contributed by atoms with Crippen LogP contribution in [0.2, 0.25) is 0 Å². The molecule has 2 atom stereocenters. The van der Waals surface area contributed by atoms with Crippen LogP contribution in [0.4, 0.5) is 0 Å². The van der Waals surface area contributed by atoms with Crippen LogP contribution in [0, 0.1) is 0 Å². The van der Waals surface area contributed by atoms with Crippen LogP contribution in [0.1, 0.15) is 26.2 Å². The fourth-order valence-electron chi connectivity index (χ4n) is 1.44. The number of piperidine rings is 1. The van der Waals surface area contributed by atoms with Crippen LogP contribution in [-0.2, 0) is 9.53 Å². The summed E-state index contributed by atoms with van der Waals surface area (Å²) in [6.45, 7) is 4.41. The summed E-state index contributed by atoms with van der Waals surface area (Å²) in [6.07, 6.45) is 3.52. The van der Waals surface area contributed by atoms with E-state index in [1.807, 2.05) is 6.92 Å². The predicted molar refractivity (Wildman–Crippen MR) is 41.9 cm³/mol. The lowest BCUT2D eigenvalue weighted by Crippen LogP contribution is -2.42. The molecule has 3 heteroatoms. The smallest absolute Gasteiger partial charge is 0.417 e. The Kier molecular flexibility index (Phi) is 3.36. The van der Waals surface area contributed by atoms with Crippen LogP contribution < -0.4 is 5.32 Å². The minimum Gasteiger partial charge on any atom is -0.453 e. The van der Waals surface area contributed by atoms with E-state index in [4.69, 9.17) is 4.74 Å². The maximum atomic E-state index is 9.88. The molecule has 1 heterocycles. The lowest BCUT2D eigenvalue weighted by Gasteiger charge is -2.27. The highest BCUT2D eigenvalue weighted by molar-refractivity contribution is 5.38. The van der Waals surface area contributed by atoms with E-state index in [0.29, 0.717) is 6.04 Å². The van der Waals surface area contributed by atoms with Gasteiger partial charge in [0, 0.05) is 6.04 Å². The average Bonchev–Trinajstić information content (AvgIpc) is 2.07. The van der Waals surface area contributed by atoms with E-state index in [0.717, 1.165) is 13.0 Å². The van der Waals surface area contributed by atoms with Gasteiger partial charge in [0.2, 0.25) is 0 Å². The molecule has 0 bridgehead atoms. The second-order valence-corrected chi connectivity index (χ2v) is 2.96. The first-order chi connectivity index (χ1) is 5.34. The van der Waals surface area contributed by atoms with Crippen LogP contribution >= 0.6 is 0 Å². The lowest BCUT2D eigenvalue weighted by molar-refractivity contribution is 0.134. The molecule has 0 aromatic carbocycles. The molecule has 1 rings (SSSR count). The van der Waals surface area contributed by atoms with Gasteiger partial charge in [0.25, 0.3) is 0 Å². The molecule has 0 amide bonds. The van der Waals surface area contributed by atoms with Crippen LogP contribution in [0.5, 0.6) is 0 Å². The van der Waals surface area contributed by atoms with Crippen molar-refractivity contribution in [2.75, 3.05) is 6.54 Å². The zero-order chi connectivity index (χ0) is 8.10. The van der Waals surface area contributed by atoms with Gasteiger partial charge in [-0.05, 0) is 26.3 Å². The highest BCUT2D eigenvalue weighted by Gasteiger charge is 2.19. The summed E-state index contributed by atoms with van der Waals surface area (Å²) in [5, 5.41) is 3.30. The second-order valence-electron chi connectivity index (χ2n) is 2.96. The van der Waals surface area contributed by atoms with E-state index in [-0.39, 0.29) is 6.10 Å². The molecule has 1 aliphatic heterocycles. The number of hydrogen-bond donors (Lipinski definition) is 1. The van der Waals surface area contributed by atoms with Crippen LogP contribution in [0.15, 0.2) is 0 Å². The SMILES string of the molecule is CC(O[C]=O)C1CCCCN1. The van der Waals surface area contributed by atoms with E-state index in [1.54, 1.807) is 0 Å². The van der Waals surface area contributed by atoms with Crippen molar-refractivity contribution in [3.8, 4) is 0 Å². The zero-order valence-corrected chi connectivity index (χ0v) is 6.80. The van der Waals surface area contributed by atoms with Gasteiger partial charge < -0.3 is 10.1 Å². The molecule has 0 spiro atoms. The molecular weight excluding hydrogens is 142 g/mol. The van der Waals surface area contributed by atoms with Gasteiger partial charge >= 0.3 is 6.47 Å². The highest BCUT2D eigenvalue weighted by Crippen LogP contribution is 2.11. The minimum atomic E-state index is -0.0344. The zero-order valence-electron chi connectivity index (χ0n) is 6.80. The molecule has 1 saturated heterocycles. The Morgan fingerprint density at radius 2 is 2.45 bits per heavy atom. The first kappa shape index (κ1) is 8.53. The van der Waals surface area contributed by atoms with Crippen molar-refractivity contribution in [3.05, 3.63) is 0 Å². The first-order valence-corrected chi connectivity index (χ1v) is 4.11. The highest BCUT2D eigenvalue weighted by atomic mass is 16.5. The van der Waals surface area contributed by atoms with Gasteiger partial charge in [0.1, 0.15) is 6.10 Å². The Hall–Kier alpha value is -0.570. The van der Waals surface area contributed by atoms with E-state index >= 15 is 0 Å². The van der Waals surface area contributed by atoms with Crippen molar-refractivity contribution < 1.29 is 9.53 Å². The molecule has 1 N–H and O–H groups in total.